The van der Waals surface area contributed by atoms with E-state index < -0.39 is 11.5 Å². The van der Waals surface area contributed by atoms with Crippen molar-refractivity contribution < 1.29 is 9.50 Å². The van der Waals surface area contributed by atoms with Crippen molar-refractivity contribution in [3.05, 3.63) is 35.1 Å². The van der Waals surface area contributed by atoms with Gasteiger partial charge in [0.05, 0.1) is 17.6 Å². The molecule has 0 amide bonds. The maximum absolute atomic E-state index is 13.2. The van der Waals surface area contributed by atoms with E-state index in [4.69, 9.17) is 0 Å². The van der Waals surface area contributed by atoms with Crippen LogP contribution < -0.4 is 0 Å². The summed E-state index contributed by atoms with van der Waals surface area (Å²) in [5, 5.41) is 19.9. The van der Waals surface area contributed by atoms with Crippen LogP contribution in [-0.4, -0.2) is 5.11 Å². The van der Waals surface area contributed by atoms with Gasteiger partial charge in [-0.2, -0.15) is 5.26 Å². The first kappa shape index (κ1) is 13.0. The zero-order valence-corrected chi connectivity index (χ0v) is 10.6. The molecule has 1 fully saturated rings. The molecule has 0 aliphatic heterocycles. The molecule has 1 aliphatic carbocycles. The molecule has 1 aliphatic rings. The number of hydrogen-bond acceptors (Lipinski definition) is 2. The number of aliphatic hydroxyl groups excluding tert-OH is 1. The van der Waals surface area contributed by atoms with Crippen LogP contribution in [0.25, 0.3) is 0 Å². The van der Waals surface area contributed by atoms with Gasteiger partial charge >= 0.3 is 0 Å². The number of nitriles is 1. The quantitative estimate of drug-likeness (QED) is 0.867. The number of nitrogens with zero attached hydrogens (tertiary/aromatic N) is 1. The van der Waals surface area contributed by atoms with E-state index in [2.05, 4.69) is 6.07 Å². The van der Waals surface area contributed by atoms with E-state index in [1.54, 1.807) is 19.1 Å². The molecule has 1 aromatic rings. The molecule has 0 spiro atoms. The molecule has 0 bridgehead atoms. The molecule has 96 valence electrons. The molecule has 0 saturated heterocycles. The largest absolute Gasteiger partial charge is 0.387 e. The molecule has 18 heavy (non-hydrogen) atoms. The SMILES string of the molecule is Cc1cc(C(O)C2(C#N)CCCCC2)ccc1F. The Morgan fingerprint density at radius 2 is 2.00 bits per heavy atom. The summed E-state index contributed by atoms with van der Waals surface area (Å²) in [7, 11) is 0. The van der Waals surface area contributed by atoms with Crippen molar-refractivity contribution in [3.8, 4) is 6.07 Å². The van der Waals surface area contributed by atoms with Gasteiger partial charge in [0.1, 0.15) is 5.82 Å². The second-order valence-corrected chi connectivity index (χ2v) is 5.24. The third-order valence-corrected chi connectivity index (χ3v) is 3.99. The van der Waals surface area contributed by atoms with Crippen LogP contribution in [0.3, 0.4) is 0 Å². The van der Waals surface area contributed by atoms with Gasteiger partial charge in [0, 0.05) is 0 Å². The second-order valence-electron chi connectivity index (χ2n) is 5.24. The van der Waals surface area contributed by atoms with E-state index in [1.807, 2.05) is 0 Å². The summed E-state index contributed by atoms with van der Waals surface area (Å²) in [6.45, 7) is 1.67. The summed E-state index contributed by atoms with van der Waals surface area (Å²) in [4.78, 5) is 0. The maximum atomic E-state index is 13.2. The van der Waals surface area contributed by atoms with E-state index in [-0.39, 0.29) is 5.82 Å². The van der Waals surface area contributed by atoms with E-state index in [1.165, 1.54) is 6.07 Å². The van der Waals surface area contributed by atoms with Crippen molar-refractivity contribution in [2.45, 2.75) is 45.1 Å². The molecule has 2 nitrogen and oxygen atoms in total. The van der Waals surface area contributed by atoms with Gasteiger partial charge in [-0.25, -0.2) is 4.39 Å². The fraction of sp³-hybridized carbons (Fsp3) is 0.533. The van der Waals surface area contributed by atoms with E-state index in [0.717, 1.165) is 32.1 Å². The smallest absolute Gasteiger partial charge is 0.126 e. The monoisotopic (exact) mass is 247 g/mol. The number of hydrogen-bond donors (Lipinski definition) is 1. The van der Waals surface area contributed by atoms with Crippen LogP contribution in [0.5, 0.6) is 0 Å². The lowest BCUT2D eigenvalue weighted by atomic mass is 9.69. The normalized spacial score (nSPS) is 20.1. The molecule has 1 N–H and O–H groups in total. The Balaban J connectivity index is 2.31. The lowest BCUT2D eigenvalue weighted by Gasteiger charge is -2.35. The molecule has 1 saturated carbocycles. The Bertz CT molecular complexity index is 472. The number of aryl methyl sites for hydroxylation is 1. The Morgan fingerprint density at radius 1 is 1.33 bits per heavy atom. The van der Waals surface area contributed by atoms with Crippen LogP contribution in [0.1, 0.15) is 49.3 Å². The highest BCUT2D eigenvalue weighted by atomic mass is 19.1. The fourth-order valence-electron chi connectivity index (χ4n) is 2.79. The first-order valence-corrected chi connectivity index (χ1v) is 6.44. The van der Waals surface area contributed by atoms with E-state index in [0.29, 0.717) is 11.1 Å². The van der Waals surface area contributed by atoms with Crippen LogP contribution in [0.15, 0.2) is 18.2 Å². The molecule has 0 heterocycles. The van der Waals surface area contributed by atoms with Crippen LogP contribution in [0, 0.1) is 29.5 Å². The fourth-order valence-corrected chi connectivity index (χ4v) is 2.79. The zero-order chi connectivity index (χ0) is 13.2. The predicted molar refractivity (Wildman–Crippen MR) is 67.2 cm³/mol. The average Bonchev–Trinajstić information content (AvgIpc) is 2.42. The first-order chi connectivity index (χ1) is 8.59. The second kappa shape index (κ2) is 5.07. The van der Waals surface area contributed by atoms with Crippen molar-refractivity contribution >= 4 is 0 Å². The molecule has 0 aromatic heterocycles. The highest BCUT2D eigenvalue weighted by Gasteiger charge is 2.40. The van der Waals surface area contributed by atoms with Crippen molar-refractivity contribution in [1.29, 1.82) is 5.26 Å². The molecule has 1 unspecified atom stereocenters. The van der Waals surface area contributed by atoms with Crippen molar-refractivity contribution in [1.82, 2.24) is 0 Å². The molecular weight excluding hydrogens is 229 g/mol. The topological polar surface area (TPSA) is 44.0 Å². The minimum atomic E-state index is -0.818. The minimum absolute atomic E-state index is 0.277. The number of benzene rings is 1. The number of halogens is 1. The third-order valence-electron chi connectivity index (χ3n) is 3.99. The summed E-state index contributed by atoms with van der Waals surface area (Å²) in [5.74, 6) is -0.277. The Kier molecular flexibility index (Phi) is 3.68. The van der Waals surface area contributed by atoms with Gasteiger partial charge in [0.15, 0.2) is 0 Å². The highest BCUT2D eigenvalue weighted by molar-refractivity contribution is 5.28. The molecule has 3 heteroatoms. The standard InChI is InChI=1S/C15H18FNO/c1-11-9-12(5-6-13(11)16)14(18)15(10-17)7-3-2-4-8-15/h5-6,9,14,18H,2-4,7-8H2,1H3. The van der Waals surface area contributed by atoms with Crippen molar-refractivity contribution in [2.24, 2.45) is 5.41 Å². The number of aliphatic hydroxyl groups is 1. The summed E-state index contributed by atoms with van der Waals surface area (Å²) in [6, 6.07) is 6.90. The van der Waals surface area contributed by atoms with Crippen LogP contribution in [-0.2, 0) is 0 Å². The van der Waals surface area contributed by atoms with Crippen LogP contribution >= 0.6 is 0 Å². The Hall–Kier alpha value is -1.40. The molecule has 2 rings (SSSR count). The van der Waals surface area contributed by atoms with Crippen molar-refractivity contribution in [3.63, 3.8) is 0 Å². The van der Waals surface area contributed by atoms with Gasteiger partial charge in [-0.3, -0.25) is 0 Å². The summed E-state index contributed by atoms with van der Waals surface area (Å²) in [6.07, 6.45) is 3.71. The summed E-state index contributed by atoms with van der Waals surface area (Å²) >= 11 is 0. The van der Waals surface area contributed by atoms with Gasteiger partial charge in [-0.15, -0.1) is 0 Å². The molecule has 1 aromatic carbocycles. The molecule has 0 radical (unpaired) electrons. The van der Waals surface area contributed by atoms with Gasteiger partial charge in [0.25, 0.3) is 0 Å². The average molecular weight is 247 g/mol. The molecular formula is C15H18FNO. The minimum Gasteiger partial charge on any atom is -0.387 e. The van der Waals surface area contributed by atoms with Crippen molar-refractivity contribution in [2.75, 3.05) is 0 Å². The van der Waals surface area contributed by atoms with Crippen LogP contribution in [0.4, 0.5) is 4.39 Å². The summed E-state index contributed by atoms with van der Waals surface area (Å²) in [5.41, 5.74) is 0.468. The van der Waals surface area contributed by atoms with Crippen LogP contribution in [0.2, 0.25) is 0 Å². The lowest BCUT2D eigenvalue weighted by molar-refractivity contribution is 0.0359. The van der Waals surface area contributed by atoms with Gasteiger partial charge in [0.2, 0.25) is 0 Å². The summed E-state index contributed by atoms with van der Waals surface area (Å²) < 4.78 is 13.2. The predicted octanol–water partition coefficient (Wildman–Crippen LogP) is 3.64. The Morgan fingerprint density at radius 3 is 2.56 bits per heavy atom. The maximum Gasteiger partial charge on any atom is 0.126 e. The zero-order valence-electron chi connectivity index (χ0n) is 10.6. The third kappa shape index (κ3) is 2.26. The Labute approximate surface area is 107 Å². The lowest BCUT2D eigenvalue weighted by Crippen LogP contribution is -2.30. The number of rotatable bonds is 2. The molecule has 1 atom stereocenters. The van der Waals surface area contributed by atoms with Gasteiger partial charge < -0.3 is 5.11 Å². The van der Waals surface area contributed by atoms with Gasteiger partial charge in [-0.05, 0) is 37.0 Å². The first-order valence-electron chi connectivity index (χ1n) is 6.44. The highest BCUT2D eigenvalue weighted by Crippen LogP contribution is 2.45. The van der Waals surface area contributed by atoms with E-state index in [9.17, 15) is 14.8 Å². The van der Waals surface area contributed by atoms with E-state index >= 15 is 0 Å². The van der Waals surface area contributed by atoms with Gasteiger partial charge in [-0.1, -0.05) is 31.4 Å².